The molecule has 0 aromatic heterocycles. The molecular weight excluding hydrogens is 230 g/mol. The summed E-state index contributed by atoms with van der Waals surface area (Å²) in [5, 5.41) is 4.15. The predicted molar refractivity (Wildman–Crippen MR) is 74.8 cm³/mol. The molecule has 2 rings (SSSR count). The van der Waals surface area contributed by atoms with Crippen molar-refractivity contribution in [3.05, 3.63) is 64.7 Å². The van der Waals surface area contributed by atoms with Gasteiger partial charge >= 0.3 is 0 Å². The van der Waals surface area contributed by atoms with Crippen molar-refractivity contribution in [1.82, 2.24) is 0 Å². The molecule has 0 saturated carbocycles. The van der Waals surface area contributed by atoms with Crippen LogP contribution in [0.1, 0.15) is 11.1 Å². The zero-order chi connectivity index (χ0) is 12.1. The SMILES string of the molecule is Cc1ccc(NCCc2ccccc2)c(Cl)c1. The quantitative estimate of drug-likeness (QED) is 0.847. The molecule has 17 heavy (non-hydrogen) atoms. The van der Waals surface area contributed by atoms with Gasteiger partial charge in [0.15, 0.2) is 0 Å². The molecule has 0 aliphatic carbocycles. The van der Waals surface area contributed by atoms with Crippen molar-refractivity contribution in [3.8, 4) is 0 Å². The fourth-order valence-corrected chi connectivity index (χ4v) is 2.05. The highest BCUT2D eigenvalue weighted by Gasteiger charge is 1.99. The number of rotatable bonds is 4. The largest absolute Gasteiger partial charge is 0.384 e. The lowest BCUT2D eigenvalue weighted by molar-refractivity contribution is 1.02. The number of hydrogen-bond acceptors (Lipinski definition) is 1. The average Bonchev–Trinajstić information content (AvgIpc) is 2.33. The van der Waals surface area contributed by atoms with E-state index in [2.05, 4.69) is 35.6 Å². The molecule has 2 aromatic carbocycles. The number of hydrogen-bond donors (Lipinski definition) is 1. The summed E-state index contributed by atoms with van der Waals surface area (Å²) in [5.74, 6) is 0. The number of benzene rings is 2. The van der Waals surface area contributed by atoms with E-state index in [1.54, 1.807) is 0 Å². The minimum atomic E-state index is 0.790. The molecule has 0 amide bonds. The molecule has 0 spiro atoms. The van der Waals surface area contributed by atoms with E-state index in [0.717, 1.165) is 23.7 Å². The Labute approximate surface area is 107 Å². The molecule has 88 valence electrons. The fraction of sp³-hybridized carbons (Fsp3) is 0.200. The molecule has 0 bridgehead atoms. The van der Waals surface area contributed by atoms with Crippen LogP contribution in [0.5, 0.6) is 0 Å². The van der Waals surface area contributed by atoms with E-state index in [9.17, 15) is 0 Å². The van der Waals surface area contributed by atoms with E-state index in [1.165, 1.54) is 11.1 Å². The molecule has 2 heteroatoms. The van der Waals surface area contributed by atoms with Crippen LogP contribution in [0.2, 0.25) is 5.02 Å². The van der Waals surface area contributed by atoms with Gasteiger partial charge in [0.2, 0.25) is 0 Å². The first-order valence-electron chi connectivity index (χ1n) is 5.79. The Kier molecular flexibility index (Phi) is 4.05. The van der Waals surface area contributed by atoms with Gasteiger partial charge in [0.05, 0.1) is 10.7 Å². The Morgan fingerprint density at radius 3 is 2.53 bits per heavy atom. The first-order chi connectivity index (χ1) is 8.25. The fourth-order valence-electron chi connectivity index (χ4n) is 1.75. The van der Waals surface area contributed by atoms with Gasteiger partial charge in [-0.2, -0.15) is 0 Å². The Morgan fingerprint density at radius 1 is 1.06 bits per heavy atom. The summed E-state index contributed by atoms with van der Waals surface area (Å²) in [6, 6.07) is 16.5. The van der Waals surface area contributed by atoms with E-state index in [1.807, 2.05) is 25.1 Å². The molecule has 2 aromatic rings. The third-order valence-electron chi connectivity index (χ3n) is 2.70. The number of anilines is 1. The summed E-state index contributed by atoms with van der Waals surface area (Å²) in [5.41, 5.74) is 3.53. The van der Waals surface area contributed by atoms with E-state index in [0.29, 0.717) is 0 Å². The van der Waals surface area contributed by atoms with E-state index in [4.69, 9.17) is 11.6 Å². The monoisotopic (exact) mass is 245 g/mol. The molecule has 0 unspecified atom stereocenters. The second-order valence-corrected chi connectivity index (χ2v) is 4.55. The lowest BCUT2D eigenvalue weighted by atomic mass is 10.1. The highest BCUT2D eigenvalue weighted by Crippen LogP contribution is 2.22. The topological polar surface area (TPSA) is 12.0 Å². The van der Waals surface area contributed by atoms with Crippen molar-refractivity contribution in [3.63, 3.8) is 0 Å². The van der Waals surface area contributed by atoms with E-state index < -0.39 is 0 Å². The third-order valence-corrected chi connectivity index (χ3v) is 3.01. The summed E-state index contributed by atoms with van der Waals surface area (Å²) in [4.78, 5) is 0. The molecule has 0 aliphatic heterocycles. The summed E-state index contributed by atoms with van der Waals surface area (Å²) < 4.78 is 0. The van der Waals surface area contributed by atoms with Crippen LogP contribution in [-0.4, -0.2) is 6.54 Å². The smallest absolute Gasteiger partial charge is 0.0640 e. The molecular formula is C15H16ClN. The maximum atomic E-state index is 6.15. The van der Waals surface area contributed by atoms with E-state index >= 15 is 0 Å². The van der Waals surface area contributed by atoms with Gasteiger partial charge in [0.25, 0.3) is 0 Å². The summed E-state index contributed by atoms with van der Waals surface area (Å²) in [6.45, 7) is 2.94. The van der Waals surface area contributed by atoms with Crippen molar-refractivity contribution in [2.75, 3.05) is 11.9 Å². The number of nitrogens with one attached hydrogen (secondary N) is 1. The highest BCUT2D eigenvalue weighted by molar-refractivity contribution is 6.33. The molecule has 0 fully saturated rings. The summed E-state index contributed by atoms with van der Waals surface area (Å²) >= 11 is 6.15. The van der Waals surface area contributed by atoms with Crippen LogP contribution in [0.4, 0.5) is 5.69 Å². The Bertz CT molecular complexity index is 480. The first kappa shape index (κ1) is 12.0. The average molecular weight is 246 g/mol. The van der Waals surface area contributed by atoms with Crippen LogP contribution >= 0.6 is 11.6 Å². The number of halogens is 1. The zero-order valence-electron chi connectivity index (χ0n) is 9.91. The van der Waals surface area contributed by atoms with Gasteiger partial charge in [0.1, 0.15) is 0 Å². The van der Waals surface area contributed by atoms with E-state index in [-0.39, 0.29) is 0 Å². The second kappa shape index (κ2) is 5.74. The van der Waals surface area contributed by atoms with Gasteiger partial charge in [0, 0.05) is 6.54 Å². The zero-order valence-corrected chi connectivity index (χ0v) is 10.7. The van der Waals surface area contributed by atoms with Gasteiger partial charge in [-0.05, 0) is 36.6 Å². The van der Waals surface area contributed by atoms with Crippen molar-refractivity contribution in [2.45, 2.75) is 13.3 Å². The van der Waals surface area contributed by atoms with Crippen molar-refractivity contribution >= 4 is 17.3 Å². The van der Waals surface area contributed by atoms with Crippen LogP contribution in [0.15, 0.2) is 48.5 Å². The maximum Gasteiger partial charge on any atom is 0.0640 e. The lowest BCUT2D eigenvalue weighted by Crippen LogP contribution is -2.05. The van der Waals surface area contributed by atoms with Crippen molar-refractivity contribution in [1.29, 1.82) is 0 Å². The van der Waals surface area contributed by atoms with Gasteiger partial charge in [-0.3, -0.25) is 0 Å². The Morgan fingerprint density at radius 2 is 1.82 bits per heavy atom. The summed E-state index contributed by atoms with van der Waals surface area (Å²) in [6.07, 6.45) is 1.01. The lowest BCUT2D eigenvalue weighted by Gasteiger charge is -2.09. The molecule has 0 heterocycles. The highest BCUT2D eigenvalue weighted by atomic mass is 35.5. The van der Waals surface area contributed by atoms with Gasteiger partial charge in [-0.25, -0.2) is 0 Å². The number of aryl methyl sites for hydroxylation is 1. The summed E-state index contributed by atoms with van der Waals surface area (Å²) in [7, 11) is 0. The second-order valence-electron chi connectivity index (χ2n) is 4.15. The third kappa shape index (κ3) is 3.50. The van der Waals surface area contributed by atoms with Gasteiger partial charge in [-0.15, -0.1) is 0 Å². The standard InChI is InChI=1S/C15H16ClN/c1-12-7-8-15(14(16)11-12)17-10-9-13-5-3-2-4-6-13/h2-8,11,17H,9-10H2,1H3. The van der Waals surface area contributed by atoms with Crippen molar-refractivity contribution in [2.24, 2.45) is 0 Å². The van der Waals surface area contributed by atoms with Gasteiger partial charge in [-0.1, -0.05) is 48.0 Å². The predicted octanol–water partition coefficient (Wildman–Crippen LogP) is 4.30. The minimum Gasteiger partial charge on any atom is -0.384 e. The molecule has 0 aliphatic rings. The van der Waals surface area contributed by atoms with Gasteiger partial charge < -0.3 is 5.32 Å². The van der Waals surface area contributed by atoms with Crippen LogP contribution in [0.25, 0.3) is 0 Å². The van der Waals surface area contributed by atoms with Crippen LogP contribution < -0.4 is 5.32 Å². The Hall–Kier alpha value is -1.47. The molecule has 1 N–H and O–H groups in total. The maximum absolute atomic E-state index is 6.15. The van der Waals surface area contributed by atoms with Crippen molar-refractivity contribution < 1.29 is 0 Å². The molecule has 0 saturated heterocycles. The first-order valence-corrected chi connectivity index (χ1v) is 6.17. The van der Waals surface area contributed by atoms with Crippen LogP contribution in [0.3, 0.4) is 0 Å². The minimum absolute atomic E-state index is 0.790. The van der Waals surface area contributed by atoms with Crippen LogP contribution in [0, 0.1) is 6.92 Å². The van der Waals surface area contributed by atoms with Crippen LogP contribution in [-0.2, 0) is 6.42 Å². The normalized spacial score (nSPS) is 10.2. The molecule has 0 atom stereocenters. The molecule has 1 nitrogen and oxygen atoms in total. The molecule has 0 radical (unpaired) electrons. The Balaban J connectivity index is 1.90.